The molecule has 1 amide bonds. The Labute approximate surface area is 111 Å². The van der Waals surface area contributed by atoms with E-state index in [1.165, 1.54) is 0 Å². The number of nitrogens with one attached hydrogen (secondary N) is 2. The first kappa shape index (κ1) is 15.4. The van der Waals surface area contributed by atoms with Gasteiger partial charge < -0.3 is 15.4 Å². The van der Waals surface area contributed by atoms with Crippen LogP contribution in [0.5, 0.6) is 0 Å². The van der Waals surface area contributed by atoms with E-state index in [-0.39, 0.29) is 11.9 Å². The monoisotopic (exact) mass is 256 g/mol. The number of amides is 1. The van der Waals surface area contributed by atoms with Crippen molar-refractivity contribution in [3.8, 4) is 0 Å². The van der Waals surface area contributed by atoms with Crippen LogP contribution in [0, 0.1) is 5.92 Å². The van der Waals surface area contributed by atoms with Gasteiger partial charge in [-0.05, 0) is 38.5 Å². The number of carbonyl (C=O) groups is 1. The SMILES string of the molecule is COC1CCC(NC(C)C(=O)NCCC(C)C)C1. The molecule has 1 fully saturated rings. The maximum absolute atomic E-state index is 11.9. The molecule has 1 saturated carbocycles. The van der Waals surface area contributed by atoms with Gasteiger partial charge in [0.05, 0.1) is 12.1 Å². The maximum atomic E-state index is 11.9. The van der Waals surface area contributed by atoms with Gasteiger partial charge in [0.25, 0.3) is 0 Å². The van der Waals surface area contributed by atoms with Crippen molar-refractivity contribution in [2.75, 3.05) is 13.7 Å². The first-order chi connectivity index (χ1) is 8.52. The van der Waals surface area contributed by atoms with Crippen molar-refractivity contribution in [3.63, 3.8) is 0 Å². The summed E-state index contributed by atoms with van der Waals surface area (Å²) in [4.78, 5) is 11.9. The van der Waals surface area contributed by atoms with Crippen molar-refractivity contribution in [1.82, 2.24) is 10.6 Å². The van der Waals surface area contributed by atoms with Crippen LogP contribution in [0.15, 0.2) is 0 Å². The summed E-state index contributed by atoms with van der Waals surface area (Å²) in [5, 5.41) is 6.37. The molecule has 0 saturated heterocycles. The summed E-state index contributed by atoms with van der Waals surface area (Å²) in [5.74, 6) is 0.738. The lowest BCUT2D eigenvalue weighted by Crippen LogP contribution is -2.46. The first-order valence-electron chi connectivity index (χ1n) is 7.09. The second-order valence-corrected chi connectivity index (χ2v) is 5.73. The third kappa shape index (κ3) is 5.36. The van der Waals surface area contributed by atoms with Gasteiger partial charge in [-0.1, -0.05) is 13.8 Å². The summed E-state index contributed by atoms with van der Waals surface area (Å²) in [7, 11) is 1.76. The summed E-state index contributed by atoms with van der Waals surface area (Å²) < 4.78 is 5.33. The molecule has 2 N–H and O–H groups in total. The van der Waals surface area contributed by atoms with Crippen molar-refractivity contribution in [2.45, 2.75) is 64.6 Å². The lowest BCUT2D eigenvalue weighted by atomic mass is 10.1. The highest BCUT2D eigenvalue weighted by molar-refractivity contribution is 5.81. The van der Waals surface area contributed by atoms with E-state index < -0.39 is 0 Å². The average molecular weight is 256 g/mol. The molecule has 0 spiro atoms. The fourth-order valence-electron chi connectivity index (χ4n) is 2.37. The van der Waals surface area contributed by atoms with Gasteiger partial charge in [0.15, 0.2) is 0 Å². The molecule has 1 rings (SSSR count). The summed E-state index contributed by atoms with van der Waals surface area (Å²) in [6, 6.07) is 0.304. The maximum Gasteiger partial charge on any atom is 0.236 e. The summed E-state index contributed by atoms with van der Waals surface area (Å²) in [6.07, 6.45) is 4.60. The van der Waals surface area contributed by atoms with E-state index in [1.807, 2.05) is 6.92 Å². The lowest BCUT2D eigenvalue weighted by Gasteiger charge is -2.19. The Morgan fingerprint density at radius 2 is 2.06 bits per heavy atom. The zero-order valence-corrected chi connectivity index (χ0v) is 12.2. The molecule has 1 aliphatic carbocycles. The van der Waals surface area contributed by atoms with E-state index in [1.54, 1.807) is 7.11 Å². The Bertz CT molecular complexity index is 256. The Morgan fingerprint density at radius 1 is 1.33 bits per heavy atom. The highest BCUT2D eigenvalue weighted by Gasteiger charge is 2.26. The molecular weight excluding hydrogens is 228 g/mol. The van der Waals surface area contributed by atoms with Gasteiger partial charge in [0.2, 0.25) is 5.91 Å². The number of methoxy groups -OCH3 is 1. The Balaban J connectivity index is 2.19. The predicted octanol–water partition coefficient (Wildman–Crippen LogP) is 1.69. The average Bonchev–Trinajstić information content (AvgIpc) is 2.76. The third-order valence-corrected chi connectivity index (χ3v) is 3.62. The summed E-state index contributed by atoms with van der Waals surface area (Å²) >= 11 is 0. The Kier molecular flexibility index (Phi) is 6.65. The molecule has 0 radical (unpaired) electrons. The predicted molar refractivity (Wildman–Crippen MR) is 73.5 cm³/mol. The minimum Gasteiger partial charge on any atom is -0.381 e. The summed E-state index contributed by atoms with van der Waals surface area (Å²) in [6.45, 7) is 7.03. The van der Waals surface area contributed by atoms with Gasteiger partial charge in [-0.2, -0.15) is 0 Å². The van der Waals surface area contributed by atoms with Crippen LogP contribution in [0.3, 0.4) is 0 Å². The Hall–Kier alpha value is -0.610. The lowest BCUT2D eigenvalue weighted by molar-refractivity contribution is -0.123. The second-order valence-electron chi connectivity index (χ2n) is 5.73. The third-order valence-electron chi connectivity index (χ3n) is 3.62. The fourth-order valence-corrected chi connectivity index (χ4v) is 2.37. The first-order valence-corrected chi connectivity index (χ1v) is 7.09. The van der Waals surface area contributed by atoms with Crippen molar-refractivity contribution >= 4 is 5.91 Å². The number of rotatable bonds is 7. The highest BCUT2D eigenvalue weighted by Crippen LogP contribution is 2.21. The van der Waals surface area contributed by atoms with E-state index in [0.29, 0.717) is 18.1 Å². The largest absolute Gasteiger partial charge is 0.381 e. The molecule has 18 heavy (non-hydrogen) atoms. The van der Waals surface area contributed by atoms with Crippen LogP contribution >= 0.6 is 0 Å². The molecule has 4 nitrogen and oxygen atoms in total. The molecule has 0 heterocycles. The van der Waals surface area contributed by atoms with Crippen LogP contribution in [-0.2, 0) is 9.53 Å². The smallest absolute Gasteiger partial charge is 0.236 e. The standard InChI is InChI=1S/C14H28N2O2/c1-10(2)7-8-15-14(17)11(3)16-12-5-6-13(9-12)18-4/h10-13,16H,5-9H2,1-4H3,(H,15,17). The quantitative estimate of drug-likeness (QED) is 0.729. The minimum atomic E-state index is -0.113. The van der Waals surface area contributed by atoms with Gasteiger partial charge in [-0.25, -0.2) is 0 Å². The molecular formula is C14H28N2O2. The van der Waals surface area contributed by atoms with Crippen LogP contribution in [0.1, 0.15) is 46.5 Å². The molecule has 1 aliphatic rings. The number of hydrogen-bond donors (Lipinski definition) is 2. The normalized spacial score (nSPS) is 25.4. The van der Waals surface area contributed by atoms with Gasteiger partial charge in [-0.3, -0.25) is 4.79 Å². The molecule has 0 aromatic carbocycles. The van der Waals surface area contributed by atoms with Crippen molar-refractivity contribution in [3.05, 3.63) is 0 Å². The van der Waals surface area contributed by atoms with Crippen LogP contribution in [0.4, 0.5) is 0 Å². The Morgan fingerprint density at radius 3 is 2.61 bits per heavy atom. The van der Waals surface area contributed by atoms with E-state index in [2.05, 4.69) is 24.5 Å². The highest BCUT2D eigenvalue weighted by atomic mass is 16.5. The van der Waals surface area contributed by atoms with E-state index in [0.717, 1.165) is 32.2 Å². The minimum absolute atomic E-state index is 0.108. The topological polar surface area (TPSA) is 50.4 Å². The van der Waals surface area contributed by atoms with Crippen LogP contribution < -0.4 is 10.6 Å². The van der Waals surface area contributed by atoms with E-state index in [9.17, 15) is 4.79 Å². The van der Waals surface area contributed by atoms with Crippen molar-refractivity contribution < 1.29 is 9.53 Å². The number of hydrogen-bond acceptors (Lipinski definition) is 3. The zero-order chi connectivity index (χ0) is 13.5. The zero-order valence-electron chi connectivity index (χ0n) is 12.2. The fraction of sp³-hybridized carbons (Fsp3) is 0.929. The summed E-state index contributed by atoms with van der Waals surface area (Å²) in [5.41, 5.74) is 0. The van der Waals surface area contributed by atoms with Crippen LogP contribution in [-0.4, -0.2) is 37.7 Å². The molecule has 106 valence electrons. The van der Waals surface area contributed by atoms with Crippen LogP contribution in [0.25, 0.3) is 0 Å². The molecule has 4 heteroatoms. The number of carbonyl (C=O) groups excluding carboxylic acids is 1. The van der Waals surface area contributed by atoms with Crippen molar-refractivity contribution in [1.29, 1.82) is 0 Å². The van der Waals surface area contributed by atoms with Gasteiger partial charge in [0.1, 0.15) is 0 Å². The van der Waals surface area contributed by atoms with Gasteiger partial charge in [0, 0.05) is 19.7 Å². The van der Waals surface area contributed by atoms with Gasteiger partial charge >= 0.3 is 0 Å². The molecule has 0 aromatic heterocycles. The number of ether oxygens (including phenoxy) is 1. The molecule has 0 bridgehead atoms. The molecule has 3 atom stereocenters. The van der Waals surface area contributed by atoms with E-state index in [4.69, 9.17) is 4.74 Å². The van der Waals surface area contributed by atoms with Crippen LogP contribution in [0.2, 0.25) is 0 Å². The molecule has 0 aliphatic heterocycles. The van der Waals surface area contributed by atoms with E-state index >= 15 is 0 Å². The molecule has 3 unspecified atom stereocenters. The van der Waals surface area contributed by atoms with Crippen molar-refractivity contribution in [2.24, 2.45) is 5.92 Å². The second kappa shape index (κ2) is 7.74. The molecule has 0 aromatic rings. The van der Waals surface area contributed by atoms with Gasteiger partial charge in [-0.15, -0.1) is 0 Å².